The second-order valence-corrected chi connectivity index (χ2v) is 7.00. The smallest absolute Gasteiger partial charge is 0.337 e. The Morgan fingerprint density at radius 1 is 0.839 bits per heavy atom. The third kappa shape index (κ3) is 6.72. The van der Waals surface area contributed by atoms with Gasteiger partial charge < -0.3 is 15.4 Å². The molecule has 0 spiro atoms. The molecule has 7 nitrogen and oxygen atoms in total. The number of carbonyl (C=O) groups is 2. The summed E-state index contributed by atoms with van der Waals surface area (Å²) in [6.45, 7) is 1.14. The maximum absolute atomic E-state index is 13.0. The molecule has 2 aromatic heterocycles. The number of pyridine rings is 2. The number of rotatable bonds is 10. The molecule has 7 heteroatoms. The minimum Gasteiger partial charge on any atom is -0.465 e. The molecule has 0 unspecified atom stereocenters. The lowest BCUT2D eigenvalue weighted by Gasteiger charge is -2.19. The van der Waals surface area contributed by atoms with Crippen LogP contribution in [0.15, 0.2) is 73.3 Å². The first-order valence-electron chi connectivity index (χ1n) is 10.1. The van der Waals surface area contributed by atoms with Gasteiger partial charge in [0, 0.05) is 37.9 Å². The fourth-order valence-electron chi connectivity index (χ4n) is 3.18. The molecule has 0 aliphatic carbocycles. The first-order chi connectivity index (χ1) is 15.2. The van der Waals surface area contributed by atoms with Crippen LogP contribution in [0.5, 0.6) is 0 Å². The zero-order chi connectivity index (χ0) is 21.9. The highest BCUT2D eigenvalue weighted by Gasteiger charge is 2.20. The maximum Gasteiger partial charge on any atom is 0.337 e. The van der Waals surface area contributed by atoms with E-state index in [4.69, 9.17) is 4.74 Å². The van der Waals surface area contributed by atoms with Crippen molar-refractivity contribution in [3.63, 3.8) is 0 Å². The van der Waals surface area contributed by atoms with Gasteiger partial charge in [-0.25, -0.2) is 4.79 Å². The topological polar surface area (TPSA) is 93.2 Å². The Hall–Kier alpha value is -3.58. The number of nitrogens with one attached hydrogen (secondary N) is 2. The van der Waals surface area contributed by atoms with Crippen LogP contribution in [0.1, 0.15) is 33.1 Å². The van der Waals surface area contributed by atoms with Gasteiger partial charge in [-0.3, -0.25) is 14.8 Å². The van der Waals surface area contributed by atoms with Crippen LogP contribution in [0.3, 0.4) is 0 Å². The van der Waals surface area contributed by atoms with Gasteiger partial charge >= 0.3 is 5.97 Å². The molecular formula is C24H26N4O3. The second kappa shape index (κ2) is 11.6. The van der Waals surface area contributed by atoms with Crippen LogP contribution < -0.4 is 10.6 Å². The lowest BCUT2D eigenvalue weighted by Crippen LogP contribution is -2.39. The van der Waals surface area contributed by atoms with Crippen molar-refractivity contribution in [3.05, 3.63) is 95.6 Å². The van der Waals surface area contributed by atoms with E-state index in [0.717, 1.165) is 29.5 Å². The van der Waals surface area contributed by atoms with Crippen molar-refractivity contribution in [3.8, 4) is 0 Å². The van der Waals surface area contributed by atoms with Crippen LogP contribution in [0.4, 0.5) is 0 Å². The Morgan fingerprint density at radius 2 is 1.39 bits per heavy atom. The molecule has 31 heavy (non-hydrogen) atoms. The minimum absolute atomic E-state index is 0.116. The SMILES string of the molecule is COC(=O)c1ccc([C@@H](NCCc2ccncc2)C(=O)NCCc2ccncc2)cc1. The van der Waals surface area contributed by atoms with Gasteiger partial charge in [-0.05, 0) is 65.9 Å². The Morgan fingerprint density at radius 3 is 1.94 bits per heavy atom. The van der Waals surface area contributed by atoms with Crippen LogP contribution in [0.25, 0.3) is 0 Å². The molecule has 160 valence electrons. The first-order valence-corrected chi connectivity index (χ1v) is 10.1. The molecule has 2 N–H and O–H groups in total. The fourth-order valence-corrected chi connectivity index (χ4v) is 3.18. The molecule has 3 aromatic rings. The molecule has 2 heterocycles. The number of aromatic nitrogens is 2. The van der Waals surface area contributed by atoms with Crippen molar-refractivity contribution in [2.24, 2.45) is 0 Å². The first kappa shape index (κ1) is 22.1. The standard InChI is InChI=1S/C24H26N4O3/c1-31-24(30)21-4-2-20(3-5-21)22(27-16-10-18-6-12-25-13-7-18)23(29)28-17-11-19-8-14-26-15-9-19/h2-9,12-15,22,27H,10-11,16-17H2,1H3,(H,28,29)/t22-/m1/s1. The number of benzene rings is 1. The van der Waals surface area contributed by atoms with Crippen LogP contribution in [0, 0.1) is 0 Å². The van der Waals surface area contributed by atoms with Gasteiger partial charge in [-0.2, -0.15) is 0 Å². The molecule has 0 aliphatic heterocycles. The highest BCUT2D eigenvalue weighted by molar-refractivity contribution is 5.89. The van der Waals surface area contributed by atoms with Crippen molar-refractivity contribution in [2.45, 2.75) is 18.9 Å². The molecule has 1 aromatic carbocycles. The summed E-state index contributed by atoms with van der Waals surface area (Å²) in [5, 5.41) is 6.34. The minimum atomic E-state index is -0.536. The molecule has 1 atom stereocenters. The van der Waals surface area contributed by atoms with Gasteiger partial charge in [0.15, 0.2) is 0 Å². The average molecular weight is 418 g/mol. The van der Waals surface area contributed by atoms with Gasteiger partial charge in [-0.15, -0.1) is 0 Å². The van der Waals surface area contributed by atoms with E-state index in [1.807, 2.05) is 24.3 Å². The average Bonchev–Trinajstić information content (AvgIpc) is 2.83. The van der Waals surface area contributed by atoms with E-state index >= 15 is 0 Å². The van der Waals surface area contributed by atoms with Gasteiger partial charge in [0.1, 0.15) is 6.04 Å². The maximum atomic E-state index is 13.0. The summed E-state index contributed by atoms with van der Waals surface area (Å²) in [6, 6.07) is 14.1. The third-order valence-corrected chi connectivity index (χ3v) is 4.90. The number of hydrogen-bond donors (Lipinski definition) is 2. The van der Waals surface area contributed by atoms with Crippen molar-refractivity contribution in [1.29, 1.82) is 0 Å². The molecule has 1 amide bonds. The lowest BCUT2D eigenvalue weighted by atomic mass is 10.0. The van der Waals surface area contributed by atoms with Crippen molar-refractivity contribution in [2.75, 3.05) is 20.2 Å². The second-order valence-electron chi connectivity index (χ2n) is 7.00. The largest absolute Gasteiger partial charge is 0.465 e. The van der Waals surface area contributed by atoms with E-state index in [1.165, 1.54) is 7.11 Å². The lowest BCUT2D eigenvalue weighted by molar-refractivity contribution is -0.123. The van der Waals surface area contributed by atoms with E-state index in [9.17, 15) is 9.59 Å². The fraction of sp³-hybridized carbons (Fsp3) is 0.250. The molecule has 0 radical (unpaired) electrons. The van der Waals surface area contributed by atoms with Gasteiger partial charge in [0.2, 0.25) is 5.91 Å². The number of ether oxygens (including phenoxy) is 1. The summed E-state index contributed by atoms with van der Waals surface area (Å²) in [5.41, 5.74) is 3.48. The molecule has 0 saturated carbocycles. The van der Waals surface area contributed by atoms with E-state index in [2.05, 4.69) is 20.6 Å². The summed E-state index contributed by atoms with van der Waals surface area (Å²) >= 11 is 0. The normalized spacial score (nSPS) is 11.5. The number of esters is 1. The van der Waals surface area contributed by atoms with E-state index in [1.54, 1.807) is 49.1 Å². The third-order valence-electron chi connectivity index (χ3n) is 4.90. The Bertz CT molecular complexity index is 963. The zero-order valence-electron chi connectivity index (χ0n) is 17.5. The number of hydrogen-bond acceptors (Lipinski definition) is 6. The van der Waals surface area contributed by atoms with E-state index in [-0.39, 0.29) is 5.91 Å². The van der Waals surface area contributed by atoms with Crippen molar-refractivity contribution >= 4 is 11.9 Å². The van der Waals surface area contributed by atoms with Crippen molar-refractivity contribution < 1.29 is 14.3 Å². The molecule has 0 saturated heterocycles. The van der Waals surface area contributed by atoms with Gasteiger partial charge in [0.25, 0.3) is 0 Å². The number of methoxy groups -OCH3 is 1. The molecular weight excluding hydrogens is 392 g/mol. The number of amides is 1. The predicted octanol–water partition coefficient (Wildman–Crippen LogP) is 2.50. The predicted molar refractivity (Wildman–Crippen MR) is 117 cm³/mol. The highest BCUT2D eigenvalue weighted by atomic mass is 16.5. The quantitative estimate of drug-likeness (QED) is 0.492. The summed E-state index contributed by atoms with van der Waals surface area (Å²) in [6.07, 6.45) is 8.48. The Balaban J connectivity index is 1.65. The van der Waals surface area contributed by atoms with Crippen LogP contribution in [-0.2, 0) is 22.4 Å². The van der Waals surface area contributed by atoms with Gasteiger partial charge in [0.05, 0.1) is 12.7 Å². The highest BCUT2D eigenvalue weighted by Crippen LogP contribution is 2.15. The van der Waals surface area contributed by atoms with E-state index in [0.29, 0.717) is 18.7 Å². The summed E-state index contributed by atoms with van der Waals surface area (Å²) in [5.74, 6) is -0.523. The molecule has 0 fully saturated rings. The number of nitrogens with zero attached hydrogens (tertiary/aromatic N) is 2. The monoisotopic (exact) mass is 418 g/mol. The van der Waals surface area contributed by atoms with Crippen LogP contribution >= 0.6 is 0 Å². The van der Waals surface area contributed by atoms with Gasteiger partial charge in [-0.1, -0.05) is 12.1 Å². The Labute approximate surface area is 181 Å². The summed E-state index contributed by atoms with van der Waals surface area (Å²) < 4.78 is 4.75. The molecule has 3 rings (SSSR count). The summed E-state index contributed by atoms with van der Waals surface area (Å²) in [4.78, 5) is 32.7. The van der Waals surface area contributed by atoms with Crippen LogP contribution in [0.2, 0.25) is 0 Å². The summed E-state index contributed by atoms with van der Waals surface area (Å²) in [7, 11) is 1.34. The zero-order valence-corrected chi connectivity index (χ0v) is 17.5. The molecule has 0 aliphatic rings. The number of carbonyl (C=O) groups excluding carboxylic acids is 2. The van der Waals surface area contributed by atoms with Crippen LogP contribution in [-0.4, -0.2) is 42.0 Å². The van der Waals surface area contributed by atoms with Crippen molar-refractivity contribution in [1.82, 2.24) is 20.6 Å². The Kier molecular flexibility index (Phi) is 8.25. The molecule has 0 bridgehead atoms. The van der Waals surface area contributed by atoms with E-state index < -0.39 is 12.0 Å².